The van der Waals surface area contributed by atoms with Gasteiger partial charge >= 0.3 is 0 Å². The lowest BCUT2D eigenvalue weighted by Crippen LogP contribution is -2.44. The van der Waals surface area contributed by atoms with Crippen LogP contribution in [0.2, 0.25) is 0 Å². The summed E-state index contributed by atoms with van der Waals surface area (Å²) in [6.45, 7) is 4.61. The van der Waals surface area contributed by atoms with Crippen LogP contribution in [0.4, 0.5) is 0 Å². The number of nitrogens with zero attached hydrogens (tertiary/aromatic N) is 4. The molecule has 2 saturated heterocycles. The van der Waals surface area contributed by atoms with Crippen LogP contribution in [0.3, 0.4) is 0 Å². The molecule has 0 saturated carbocycles. The van der Waals surface area contributed by atoms with Crippen LogP contribution >= 0.6 is 15.9 Å². The molecule has 1 amide bonds. The number of hydrogen-bond donors (Lipinski definition) is 0. The van der Waals surface area contributed by atoms with Crippen LogP contribution in [0.1, 0.15) is 37.9 Å². The van der Waals surface area contributed by atoms with Crippen molar-refractivity contribution in [2.75, 3.05) is 26.2 Å². The minimum atomic E-state index is 0.193. The lowest BCUT2D eigenvalue weighted by atomic mass is 9.94. The largest absolute Gasteiger partial charge is 0.342 e. The highest BCUT2D eigenvalue weighted by atomic mass is 79.9. The van der Waals surface area contributed by atoms with Gasteiger partial charge in [0.1, 0.15) is 5.82 Å². The second-order valence-corrected chi connectivity index (χ2v) is 9.68. The van der Waals surface area contributed by atoms with Crippen molar-refractivity contribution in [2.45, 2.75) is 38.6 Å². The minimum absolute atomic E-state index is 0.193. The van der Waals surface area contributed by atoms with Gasteiger partial charge in [-0.05, 0) is 75.5 Å². The average molecular weight is 481 g/mol. The van der Waals surface area contributed by atoms with Crippen LogP contribution in [0.25, 0.3) is 16.7 Å². The second kappa shape index (κ2) is 9.13. The van der Waals surface area contributed by atoms with E-state index in [1.165, 1.54) is 6.42 Å². The number of fused-ring (bicyclic) bond motifs is 1. The molecule has 0 aliphatic carbocycles. The lowest BCUT2D eigenvalue weighted by molar-refractivity contribution is -0.138. The predicted octanol–water partition coefficient (Wildman–Crippen LogP) is 5.01. The highest BCUT2D eigenvalue weighted by Gasteiger charge is 2.29. The Kier molecular flexibility index (Phi) is 6.10. The molecule has 3 aromatic rings. The maximum absolute atomic E-state index is 12.9. The molecule has 0 unspecified atom stereocenters. The van der Waals surface area contributed by atoms with Gasteiger partial charge < -0.3 is 4.90 Å². The monoisotopic (exact) mass is 480 g/mol. The Morgan fingerprint density at radius 2 is 1.74 bits per heavy atom. The molecule has 3 heterocycles. The van der Waals surface area contributed by atoms with Crippen LogP contribution in [-0.4, -0.2) is 51.4 Å². The number of aromatic nitrogens is 2. The fourth-order valence-electron chi connectivity index (χ4n) is 5.00. The van der Waals surface area contributed by atoms with E-state index >= 15 is 0 Å². The van der Waals surface area contributed by atoms with Gasteiger partial charge in [-0.1, -0.05) is 34.1 Å². The molecule has 0 radical (unpaired) electrons. The standard InChI is InChI=1S/C25H29BrN4O/c26-20-7-6-8-21(17-20)30-23-10-3-2-9-22(23)27-24(30)18-28-15-11-19(12-16-28)25(31)29-13-4-1-5-14-29/h2-3,6-10,17,19H,1,4-5,11-16,18H2. The van der Waals surface area contributed by atoms with E-state index in [9.17, 15) is 4.79 Å². The van der Waals surface area contributed by atoms with Gasteiger partial charge in [0.05, 0.1) is 17.6 Å². The number of amides is 1. The van der Waals surface area contributed by atoms with Gasteiger partial charge in [0.25, 0.3) is 0 Å². The van der Waals surface area contributed by atoms with Crippen LogP contribution in [0, 0.1) is 5.92 Å². The van der Waals surface area contributed by atoms with Crippen molar-refractivity contribution in [3.05, 3.63) is 58.8 Å². The van der Waals surface area contributed by atoms with E-state index < -0.39 is 0 Å². The van der Waals surface area contributed by atoms with Crippen molar-refractivity contribution in [2.24, 2.45) is 5.92 Å². The summed E-state index contributed by atoms with van der Waals surface area (Å²) in [7, 11) is 0. The van der Waals surface area contributed by atoms with E-state index in [-0.39, 0.29) is 5.92 Å². The number of hydrogen-bond acceptors (Lipinski definition) is 3. The average Bonchev–Trinajstić information content (AvgIpc) is 3.17. The van der Waals surface area contributed by atoms with Gasteiger partial charge in [-0.25, -0.2) is 4.98 Å². The third-order valence-electron chi connectivity index (χ3n) is 6.67. The second-order valence-electron chi connectivity index (χ2n) is 8.77. The van der Waals surface area contributed by atoms with Gasteiger partial charge in [-0.3, -0.25) is 14.3 Å². The third-order valence-corrected chi connectivity index (χ3v) is 7.16. The van der Waals surface area contributed by atoms with E-state index in [4.69, 9.17) is 4.98 Å². The van der Waals surface area contributed by atoms with Crippen molar-refractivity contribution in [3.8, 4) is 5.69 Å². The number of carbonyl (C=O) groups is 1. The zero-order chi connectivity index (χ0) is 21.2. The number of halogens is 1. The number of benzene rings is 2. The zero-order valence-corrected chi connectivity index (χ0v) is 19.4. The summed E-state index contributed by atoms with van der Waals surface area (Å²) in [5.41, 5.74) is 3.27. The molecule has 0 spiro atoms. The SMILES string of the molecule is O=C(C1CCN(Cc2nc3ccccc3n2-c2cccc(Br)c2)CC1)N1CCCCC1. The number of likely N-dealkylation sites (tertiary alicyclic amines) is 2. The molecule has 0 N–H and O–H groups in total. The molecule has 0 atom stereocenters. The van der Waals surface area contributed by atoms with Gasteiger partial charge in [0, 0.05) is 29.2 Å². The van der Waals surface area contributed by atoms with Crippen LogP contribution in [0.15, 0.2) is 53.0 Å². The van der Waals surface area contributed by atoms with Crippen molar-refractivity contribution in [1.29, 1.82) is 0 Å². The summed E-state index contributed by atoms with van der Waals surface area (Å²) in [5.74, 6) is 1.64. The summed E-state index contributed by atoms with van der Waals surface area (Å²) >= 11 is 3.61. The number of piperidine rings is 2. The van der Waals surface area contributed by atoms with Gasteiger partial charge in [-0.2, -0.15) is 0 Å². The number of carbonyl (C=O) groups excluding carboxylic acids is 1. The molecule has 5 rings (SSSR count). The number of imidazole rings is 1. The summed E-state index contributed by atoms with van der Waals surface area (Å²) in [6.07, 6.45) is 5.49. The normalized spacial score (nSPS) is 18.5. The minimum Gasteiger partial charge on any atom is -0.342 e. The molecule has 6 heteroatoms. The van der Waals surface area contributed by atoms with E-state index in [1.807, 2.05) is 12.1 Å². The van der Waals surface area contributed by atoms with Gasteiger partial charge in [0.2, 0.25) is 5.91 Å². The number of para-hydroxylation sites is 2. The maximum atomic E-state index is 12.9. The molecule has 2 aliphatic rings. The van der Waals surface area contributed by atoms with Gasteiger partial charge in [0.15, 0.2) is 0 Å². The Morgan fingerprint density at radius 1 is 0.968 bits per heavy atom. The highest BCUT2D eigenvalue weighted by molar-refractivity contribution is 9.10. The smallest absolute Gasteiger partial charge is 0.225 e. The van der Waals surface area contributed by atoms with Crippen LogP contribution < -0.4 is 0 Å². The Bertz CT molecular complexity index is 1060. The lowest BCUT2D eigenvalue weighted by Gasteiger charge is -2.35. The Balaban J connectivity index is 1.32. The molecule has 2 fully saturated rings. The molecule has 1 aromatic heterocycles. The van der Waals surface area contributed by atoms with E-state index in [0.29, 0.717) is 5.91 Å². The van der Waals surface area contributed by atoms with Crippen LogP contribution in [0.5, 0.6) is 0 Å². The highest BCUT2D eigenvalue weighted by Crippen LogP contribution is 2.27. The van der Waals surface area contributed by atoms with Gasteiger partial charge in [-0.15, -0.1) is 0 Å². The van der Waals surface area contributed by atoms with Crippen LogP contribution in [-0.2, 0) is 11.3 Å². The van der Waals surface area contributed by atoms with Crippen molar-refractivity contribution in [3.63, 3.8) is 0 Å². The Labute approximate surface area is 192 Å². The summed E-state index contributed by atoms with van der Waals surface area (Å²) in [6, 6.07) is 16.7. The Hall–Kier alpha value is -2.18. The third kappa shape index (κ3) is 4.41. The van der Waals surface area contributed by atoms with E-state index in [1.54, 1.807) is 0 Å². The van der Waals surface area contributed by atoms with E-state index in [2.05, 4.69) is 66.7 Å². The quantitative estimate of drug-likeness (QED) is 0.526. The molecule has 31 heavy (non-hydrogen) atoms. The molecular weight excluding hydrogens is 452 g/mol. The fourth-order valence-corrected chi connectivity index (χ4v) is 5.38. The molecule has 5 nitrogen and oxygen atoms in total. The molecule has 2 aromatic carbocycles. The first-order chi connectivity index (χ1) is 15.2. The topological polar surface area (TPSA) is 41.4 Å². The summed E-state index contributed by atoms with van der Waals surface area (Å²) in [4.78, 5) is 22.4. The zero-order valence-electron chi connectivity index (χ0n) is 17.8. The molecule has 0 bridgehead atoms. The first-order valence-corrected chi connectivity index (χ1v) is 12.2. The van der Waals surface area contributed by atoms with Crippen molar-refractivity contribution >= 4 is 32.9 Å². The first kappa shape index (κ1) is 20.7. The predicted molar refractivity (Wildman–Crippen MR) is 127 cm³/mol. The van der Waals surface area contributed by atoms with Crippen molar-refractivity contribution in [1.82, 2.24) is 19.4 Å². The van der Waals surface area contributed by atoms with E-state index in [0.717, 1.165) is 85.4 Å². The van der Waals surface area contributed by atoms with Crippen molar-refractivity contribution < 1.29 is 4.79 Å². The summed E-state index contributed by atoms with van der Waals surface area (Å²) < 4.78 is 3.33. The Morgan fingerprint density at radius 3 is 2.52 bits per heavy atom. The molecule has 2 aliphatic heterocycles. The summed E-state index contributed by atoms with van der Waals surface area (Å²) in [5, 5.41) is 0. The number of rotatable bonds is 4. The molecular formula is C25H29BrN4O. The first-order valence-electron chi connectivity index (χ1n) is 11.4. The fraction of sp³-hybridized carbons (Fsp3) is 0.440. The molecule has 162 valence electrons. The maximum Gasteiger partial charge on any atom is 0.225 e.